The molecule has 3 nitrogen and oxygen atoms in total. The number of hydrogen-bond acceptors (Lipinski definition) is 3. The molecule has 1 atom stereocenters. The molecule has 0 spiro atoms. The predicted molar refractivity (Wildman–Crippen MR) is 119 cm³/mol. The lowest BCUT2D eigenvalue weighted by Crippen LogP contribution is -2.05. The van der Waals surface area contributed by atoms with Gasteiger partial charge in [-0.25, -0.2) is 0 Å². The van der Waals surface area contributed by atoms with Crippen molar-refractivity contribution in [3.63, 3.8) is 0 Å². The Morgan fingerprint density at radius 1 is 0.862 bits per heavy atom. The van der Waals surface area contributed by atoms with Crippen molar-refractivity contribution in [2.45, 2.75) is 13.0 Å². The Kier molecular flexibility index (Phi) is 5.34. The smallest absolute Gasteiger partial charge is 0.188 e. The number of fused-ring (bicyclic) bond motifs is 2. The topological polar surface area (TPSA) is 38.7 Å². The van der Waals surface area contributed by atoms with Crippen molar-refractivity contribution in [2.24, 2.45) is 0 Å². The van der Waals surface area contributed by atoms with Gasteiger partial charge in [0, 0.05) is 12.7 Å². The summed E-state index contributed by atoms with van der Waals surface area (Å²) in [6.45, 7) is 5.97. The van der Waals surface area contributed by atoms with E-state index in [2.05, 4.69) is 30.8 Å². The molecule has 0 amide bonds. The van der Waals surface area contributed by atoms with Gasteiger partial charge in [-0.05, 0) is 51.2 Å². The van der Waals surface area contributed by atoms with Gasteiger partial charge in [0.1, 0.15) is 11.9 Å². The van der Waals surface area contributed by atoms with Crippen molar-refractivity contribution in [3.8, 4) is 16.9 Å². The molecule has 0 aliphatic heterocycles. The summed E-state index contributed by atoms with van der Waals surface area (Å²) < 4.78 is 11.1. The van der Waals surface area contributed by atoms with E-state index in [-0.39, 0.29) is 6.79 Å². The maximum absolute atomic E-state index is 11.0. The third kappa shape index (κ3) is 3.51. The van der Waals surface area contributed by atoms with Gasteiger partial charge >= 0.3 is 0 Å². The quantitative estimate of drug-likeness (QED) is 0.315. The monoisotopic (exact) mass is 384 g/mol. The Hall–Kier alpha value is -3.14. The third-order valence-electron chi connectivity index (χ3n) is 5.20. The van der Waals surface area contributed by atoms with Crippen molar-refractivity contribution in [1.82, 2.24) is 0 Å². The van der Waals surface area contributed by atoms with Gasteiger partial charge in [-0.2, -0.15) is 0 Å². The van der Waals surface area contributed by atoms with Gasteiger partial charge in [0.25, 0.3) is 0 Å². The minimum Gasteiger partial charge on any atom is -0.467 e. The minimum atomic E-state index is -0.774. The maximum atomic E-state index is 11.0. The van der Waals surface area contributed by atoms with Gasteiger partial charge in [-0.3, -0.25) is 0 Å². The second-order valence-corrected chi connectivity index (χ2v) is 7.21. The summed E-state index contributed by atoms with van der Waals surface area (Å²) in [6, 6.07) is 24.5. The van der Waals surface area contributed by atoms with Gasteiger partial charge in [0.2, 0.25) is 0 Å². The van der Waals surface area contributed by atoms with E-state index in [4.69, 9.17) is 9.47 Å². The lowest BCUT2D eigenvalue weighted by atomic mass is 9.86. The molecule has 0 fully saturated rings. The number of benzene rings is 4. The highest BCUT2D eigenvalue weighted by molar-refractivity contribution is 6.09. The van der Waals surface area contributed by atoms with Crippen LogP contribution >= 0.6 is 0 Å². The molecular formula is C26H24O3. The predicted octanol–water partition coefficient (Wildman–Crippen LogP) is 6.25. The standard InChI is InChI=1S/C26H24O3/c1-17(2)26(27)22-14-12-18-8-4-6-10-20(18)24(22)25-21-11-7-5-9-19(21)13-15-23(25)29-16-28-3/h4-15,26-27H,1,16H2,2-3H3/t26-/m0/s1. The van der Waals surface area contributed by atoms with Crippen molar-refractivity contribution in [3.05, 3.63) is 90.5 Å². The number of rotatable bonds is 6. The average Bonchev–Trinajstić information content (AvgIpc) is 2.76. The molecule has 0 aromatic heterocycles. The van der Waals surface area contributed by atoms with E-state index in [1.807, 2.05) is 55.5 Å². The Labute approximate surface area is 170 Å². The molecule has 0 heterocycles. The fourth-order valence-corrected chi connectivity index (χ4v) is 3.81. The highest BCUT2D eigenvalue weighted by atomic mass is 16.7. The van der Waals surface area contributed by atoms with Crippen LogP contribution in [0.4, 0.5) is 0 Å². The zero-order valence-corrected chi connectivity index (χ0v) is 16.7. The van der Waals surface area contributed by atoms with E-state index in [1.165, 1.54) is 0 Å². The first kappa shape index (κ1) is 19.2. The summed E-state index contributed by atoms with van der Waals surface area (Å²) in [4.78, 5) is 0. The SMILES string of the molecule is C=C(C)[C@H](O)c1ccc2ccccc2c1-c1c(OCOC)ccc2ccccc12. The average molecular weight is 384 g/mol. The van der Waals surface area contributed by atoms with Crippen LogP contribution in [0.5, 0.6) is 5.75 Å². The van der Waals surface area contributed by atoms with Crippen LogP contribution in [0.15, 0.2) is 84.9 Å². The Morgan fingerprint density at radius 2 is 1.45 bits per heavy atom. The number of ether oxygens (including phenoxy) is 2. The molecule has 0 saturated heterocycles. The largest absolute Gasteiger partial charge is 0.467 e. The molecule has 146 valence electrons. The van der Waals surface area contributed by atoms with Gasteiger partial charge < -0.3 is 14.6 Å². The van der Waals surface area contributed by atoms with E-state index in [9.17, 15) is 5.11 Å². The van der Waals surface area contributed by atoms with E-state index >= 15 is 0 Å². The van der Waals surface area contributed by atoms with Crippen LogP contribution in [0.1, 0.15) is 18.6 Å². The summed E-state index contributed by atoms with van der Waals surface area (Å²) in [5, 5.41) is 15.3. The first-order chi connectivity index (χ1) is 14.1. The summed E-state index contributed by atoms with van der Waals surface area (Å²) in [5.74, 6) is 0.720. The Morgan fingerprint density at radius 3 is 2.07 bits per heavy atom. The van der Waals surface area contributed by atoms with E-state index < -0.39 is 6.10 Å². The molecule has 0 saturated carbocycles. The van der Waals surface area contributed by atoms with Crippen molar-refractivity contribution < 1.29 is 14.6 Å². The summed E-state index contributed by atoms with van der Waals surface area (Å²) >= 11 is 0. The van der Waals surface area contributed by atoms with Crippen molar-refractivity contribution >= 4 is 21.5 Å². The molecule has 1 N–H and O–H groups in total. The lowest BCUT2D eigenvalue weighted by Gasteiger charge is -2.22. The molecular weight excluding hydrogens is 360 g/mol. The molecule has 4 rings (SSSR count). The van der Waals surface area contributed by atoms with Crippen LogP contribution in [0, 0.1) is 0 Å². The normalized spacial score (nSPS) is 12.2. The third-order valence-corrected chi connectivity index (χ3v) is 5.20. The van der Waals surface area contributed by atoms with E-state index in [1.54, 1.807) is 7.11 Å². The van der Waals surface area contributed by atoms with Gasteiger partial charge in [0.15, 0.2) is 6.79 Å². The second kappa shape index (κ2) is 8.08. The zero-order valence-electron chi connectivity index (χ0n) is 16.7. The number of aliphatic hydroxyl groups excluding tert-OH is 1. The zero-order chi connectivity index (χ0) is 20.4. The first-order valence-electron chi connectivity index (χ1n) is 9.60. The maximum Gasteiger partial charge on any atom is 0.188 e. The van der Waals surface area contributed by atoms with Crippen LogP contribution in [0.3, 0.4) is 0 Å². The highest BCUT2D eigenvalue weighted by Gasteiger charge is 2.21. The van der Waals surface area contributed by atoms with Crippen LogP contribution in [-0.4, -0.2) is 19.0 Å². The van der Waals surface area contributed by atoms with Crippen molar-refractivity contribution in [2.75, 3.05) is 13.9 Å². The van der Waals surface area contributed by atoms with Gasteiger partial charge in [0.05, 0.1) is 0 Å². The van der Waals surface area contributed by atoms with Crippen LogP contribution < -0.4 is 4.74 Å². The molecule has 3 heteroatoms. The first-order valence-corrected chi connectivity index (χ1v) is 9.60. The Bertz CT molecular complexity index is 1190. The van der Waals surface area contributed by atoms with Gasteiger partial charge in [-0.15, -0.1) is 0 Å². The molecule has 0 bridgehead atoms. The second-order valence-electron chi connectivity index (χ2n) is 7.21. The molecule has 4 aromatic rings. The molecule has 0 unspecified atom stereocenters. The molecule has 0 radical (unpaired) electrons. The lowest BCUT2D eigenvalue weighted by molar-refractivity contribution is 0.0516. The van der Waals surface area contributed by atoms with Crippen LogP contribution in [0.2, 0.25) is 0 Å². The fourth-order valence-electron chi connectivity index (χ4n) is 3.81. The van der Waals surface area contributed by atoms with Gasteiger partial charge in [-0.1, -0.05) is 73.3 Å². The van der Waals surface area contributed by atoms with E-state index in [0.717, 1.165) is 44.0 Å². The van der Waals surface area contributed by atoms with E-state index in [0.29, 0.717) is 5.57 Å². The summed E-state index contributed by atoms with van der Waals surface area (Å²) in [6.07, 6.45) is -0.774. The minimum absolute atomic E-state index is 0.147. The van der Waals surface area contributed by atoms with Crippen molar-refractivity contribution in [1.29, 1.82) is 0 Å². The number of aliphatic hydroxyl groups is 1. The molecule has 4 aromatic carbocycles. The number of hydrogen-bond donors (Lipinski definition) is 1. The molecule has 0 aliphatic rings. The number of methoxy groups -OCH3 is 1. The highest BCUT2D eigenvalue weighted by Crippen LogP contribution is 2.44. The fraction of sp³-hybridized carbons (Fsp3) is 0.154. The summed E-state index contributed by atoms with van der Waals surface area (Å²) in [7, 11) is 1.61. The van der Waals surface area contributed by atoms with Crippen LogP contribution in [-0.2, 0) is 4.74 Å². The summed E-state index contributed by atoms with van der Waals surface area (Å²) in [5.41, 5.74) is 3.42. The molecule has 0 aliphatic carbocycles. The molecule has 29 heavy (non-hydrogen) atoms. The van der Waals surface area contributed by atoms with Crippen LogP contribution in [0.25, 0.3) is 32.7 Å². The Balaban J connectivity index is 2.14.